The number of benzene rings is 1. The van der Waals surface area contributed by atoms with Gasteiger partial charge in [0.05, 0.1) is 10.8 Å². The molecule has 25 heavy (non-hydrogen) atoms. The molecule has 1 aromatic heterocycles. The van der Waals surface area contributed by atoms with Crippen LogP contribution in [0, 0.1) is 5.82 Å². The van der Waals surface area contributed by atoms with E-state index in [1.165, 1.54) is 52.6 Å². The van der Waals surface area contributed by atoms with Crippen molar-refractivity contribution in [2.45, 2.75) is 22.8 Å². The maximum absolute atomic E-state index is 12.9. The van der Waals surface area contributed by atoms with Crippen LogP contribution in [0.2, 0.25) is 0 Å². The Morgan fingerprint density at radius 2 is 1.80 bits per heavy atom. The summed E-state index contributed by atoms with van der Waals surface area (Å²) in [6, 6.07) is 8.49. The van der Waals surface area contributed by atoms with E-state index in [1.807, 2.05) is 0 Å². The van der Waals surface area contributed by atoms with Gasteiger partial charge in [-0.25, -0.2) is 17.8 Å². The summed E-state index contributed by atoms with van der Waals surface area (Å²) in [5, 5.41) is 0.566. The molecule has 5 nitrogen and oxygen atoms in total. The van der Waals surface area contributed by atoms with Crippen molar-refractivity contribution >= 4 is 27.6 Å². The summed E-state index contributed by atoms with van der Waals surface area (Å²) >= 11 is 1.22. The van der Waals surface area contributed by atoms with Crippen molar-refractivity contribution in [2.24, 2.45) is 0 Å². The lowest BCUT2D eigenvalue weighted by atomic mass is 10.1. The van der Waals surface area contributed by atoms with Crippen molar-refractivity contribution in [2.75, 3.05) is 18.8 Å². The van der Waals surface area contributed by atoms with Crippen molar-refractivity contribution in [3.63, 3.8) is 0 Å². The number of hydrogen-bond acceptors (Lipinski definition) is 5. The van der Waals surface area contributed by atoms with Gasteiger partial charge < -0.3 is 0 Å². The normalized spacial score (nSPS) is 15.4. The summed E-state index contributed by atoms with van der Waals surface area (Å²) in [5.41, 5.74) is 0.433. The number of carbonyl (C=O) groups is 1. The molecular formula is C17H17FN2O3S2. The molecule has 0 spiro atoms. The minimum absolute atomic E-state index is 0.138. The fourth-order valence-corrected chi connectivity index (χ4v) is 4.74. The van der Waals surface area contributed by atoms with Gasteiger partial charge in [-0.05, 0) is 49.2 Å². The highest BCUT2D eigenvalue weighted by Gasteiger charge is 2.27. The maximum Gasteiger partial charge on any atom is 0.244 e. The quantitative estimate of drug-likeness (QED) is 0.569. The van der Waals surface area contributed by atoms with Gasteiger partial charge >= 0.3 is 0 Å². The second-order valence-corrected chi connectivity index (χ2v) is 8.60. The monoisotopic (exact) mass is 380 g/mol. The van der Waals surface area contributed by atoms with Gasteiger partial charge in [-0.1, -0.05) is 11.8 Å². The topological polar surface area (TPSA) is 67.3 Å². The summed E-state index contributed by atoms with van der Waals surface area (Å²) in [4.78, 5) is 16.4. The fourth-order valence-electron chi connectivity index (χ4n) is 2.54. The van der Waals surface area contributed by atoms with E-state index in [0.29, 0.717) is 23.7 Å². The Kier molecular flexibility index (Phi) is 5.51. The van der Waals surface area contributed by atoms with E-state index in [4.69, 9.17) is 0 Å². The van der Waals surface area contributed by atoms with E-state index in [-0.39, 0.29) is 22.2 Å². The molecule has 0 aliphatic carbocycles. The van der Waals surface area contributed by atoms with E-state index >= 15 is 0 Å². The molecule has 1 aromatic carbocycles. The smallest absolute Gasteiger partial charge is 0.244 e. The molecule has 0 atom stereocenters. The number of aromatic nitrogens is 1. The molecule has 132 valence electrons. The Bertz CT molecular complexity index is 846. The maximum atomic E-state index is 12.9. The standard InChI is InChI=1S/C17H17FN2O3S2/c18-14-5-3-13(4-6-14)16(21)12-24-17-8-7-15(11-19-17)25(22,23)20-9-1-2-10-20/h3-8,11H,1-2,9-10,12H2. The Balaban J connectivity index is 1.63. The van der Waals surface area contributed by atoms with Crippen LogP contribution in [0.5, 0.6) is 0 Å². The van der Waals surface area contributed by atoms with Crippen molar-refractivity contribution in [3.8, 4) is 0 Å². The minimum Gasteiger partial charge on any atom is -0.293 e. The number of rotatable bonds is 6. The summed E-state index contributed by atoms with van der Waals surface area (Å²) in [6.45, 7) is 1.09. The van der Waals surface area contributed by atoms with Crippen molar-refractivity contribution in [1.29, 1.82) is 0 Å². The number of ketones is 1. The molecule has 1 aliphatic heterocycles. The van der Waals surface area contributed by atoms with Gasteiger partial charge in [0.2, 0.25) is 10.0 Å². The SMILES string of the molecule is O=C(CSc1ccc(S(=O)(=O)N2CCCC2)cn1)c1ccc(F)cc1. The molecule has 8 heteroatoms. The van der Waals surface area contributed by atoms with Crippen molar-refractivity contribution in [3.05, 3.63) is 54.0 Å². The third-order valence-corrected chi connectivity index (χ3v) is 6.76. The van der Waals surface area contributed by atoms with Gasteiger partial charge in [-0.3, -0.25) is 4.79 Å². The number of halogens is 1. The second kappa shape index (κ2) is 7.63. The van der Waals surface area contributed by atoms with E-state index in [9.17, 15) is 17.6 Å². The van der Waals surface area contributed by atoms with Gasteiger partial charge in [0, 0.05) is 24.8 Å². The Morgan fingerprint density at radius 1 is 1.12 bits per heavy atom. The first-order chi connectivity index (χ1) is 12.0. The molecule has 3 rings (SSSR count). The van der Waals surface area contributed by atoms with E-state index in [2.05, 4.69) is 4.98 Å². The molecule has 0 saturated carbocycles. The molecule has 0 bridgehead atoms. The predicted octanol–water partition coefficient (Wildman–Crippen LogP) is 2.98. The molecule has 2 aromatic rings. The highest BCUT2D eigenvalue weighted by molar-refractivity contribution is 7.99. The number of nitrogens with zero attached hydrogens (tertiary/aromatic N) is 2. The molecular weight excluding hydrogens is 363 g/mol. The van der Waals surface area contributed by atoms with Crippen LogP contribution >= 0.6 is 11.8 Å². The number of hydrogen-bond donors (Lipinski definition) is 0. The number of carbonyl (C=O) groups excluding carboxylic acids is 1. The van der Waals surface area contributed by atoms with Crippen molar-refractivity contribution < 1.29 is 17.6 Å². The lowest BCUT2D eigenvalue weighted by Crippen LogP contribution is -2.27. The summed E-state index contributed by atoms with van der Waals surface area (Å²) in [5.74, 6) is -0.377. The Morgan fingerprint density at radius 3 is 2.40 bits per heavy atom. The second-order valence-electron chi connectivity index (χ2n) is 5.66. The van der Waals surface area contributed by atoms with Crippen LogP contribution in [-0.2, 0) is 10.0 Å². The van der Waals surface area contributed by atoms with Crippen LogP contribution in [0.1, 0.15) is 23.2 Å². The van der Waals surface area contributed by atoms with E-state index in [0.717, 1.165) is 12.8 Å². The Labute approximate surface area is 150 Å². The highest BCUT2D eigenvalue weighted by Crippen LogP contribution is 2.23. The van der Waals surface area contributed by atoms with Gasteiger partial charge in [0.15, 0.2) is 5.78 Å². The zero-order chi connectivity index (χ0) is 17.9. The van der Waals surface area contributed by atoms with Gasteiger partial charge in [-0.2, -0.15) is 4.31 Å². The average Bonchev–Trinajstić information content (AvgIpc) is 3.16. The first kappa shape index (κ1) is 18.0. The molecule has 0 unspecified atom stereocenters. The lowest BCUT2D eigenvalue weighted by Gasteiger charge is -2.15. The zero-order valence-electron chi connectivity index (χ0n) is 13.4. The molecule has 1 aliphatic rings. The molecule has 0 radical (unpaired) electrons. The van der Waals surface area contributed by atoms with Crippen LogP contribution in [0.15, 0.2) is 52.5 Å². The van der Waals surface area contributed by atoms with Crippen LogP contribution in [-0.4, -0.2) is 42.3 Å². The molecule has 1 saturated heterocycles. The van der Waals surface area contributed by atoms with Gasteiger partial charge in [0.1, 0.15) is 10.7 Å². The molecule has 1 fully saturated rings. The molecule has 2 heterocycles. The van der Waals surface area contributed by atoms with Crippen LogP contribution in [0.4, 0.5) is 4.39 Å². The number of pyridine rings is 1. The largest absolute Gasteiger partial charge is 0.293 e. The molecule has 0 amide bonds. The van der Waals surface area contributed by atoms with Gasteiger partial charge in [-0.15, -0.1) is 0 Å². The summed E-state index contributed by atoms with van der Waals surface area (Å²) < 4.78 is 39.2. The minimum atomic E-state index is -3.47. The highest BCUT2D eigenvalue weighted by atomic mass is 32.2. The number of Topliss-reactive ketones (excluding diaryl/α,β-unsaturated/α-hetero) is 1. The first-order valence-corrected chi connectivity index (χ1v) is 10.3. The van der Waals surface area contributed by atoms with E-state index in [1.54, 1.807) is 6.07 Å². The zero-order valence-corrected chi connectivity index (χ0v) is 15.0. The number of thioether (sulfide) groups is 1. The summed E-state index contributed by atoms with van der Waals surface area (Å²) in [6.07, 6.45) is 3.09. The predicted molar refractivity (Wildman–Crippen MR) is 93.7 cm³/mol. The third-order valence-electron chi connectivity index (χ3n) is 3.93. The van der Waals surface area contributed by atoms with Crippen LogP contribution in [0.3, 0.4) is 0 Å². The first-order valence-electron chi connectivity index (χ1n) is 7.84. The average molecular weight is 380 g/mol. The van der Waals surface area contributed by atoms with Crippen molar-refractivity contribution in [1.82, 2.24) is 9.29 Å². The summed E-state index contributed by atoms with van der Waals surface area (Å²) in [7, 11) is -3.47. The number of sulfonamides is 1. The van der Waals surface area contributed by atoms with Crippen LogP contribution in [0.25, 0.3) is 0 Å². The molecule has 0 N–H and O–H groups in total. The third kappa shape index (κ3) is 4.26. The fraction of sp³-hybridized carbons (Fsp3) is 0.294. The van der Waals surface area contributed by atoms with E-state index < -0.39 is 10.0 Å². The lowest BCUT2D eigenvalue weighted by molar-refractivity contribution is 0.102. The Hall–Kier alpha value is -1.77. The van der Waals surface area contributed by atoms with Gasteiger partial charge in [0.25, 0.3) is 0 Å². The van der Waals surface area contributed by atoms with Crippen LogP contribution < -0.4 is 0 Å².